The molecular formula is C24H22N4O2S. The third kappa shape index (κ3) is 3.45. The van der Waals surface area contributed by atoms with Crippen LogP contribution in [-0.2, 0) is 17.6 Å². The minimum absolute atomic E-state index is 0.117. The van der Waals surface area contributed by atoms with Gasteiger partial charge in [0.15, 0.2) is 0 Å². The molecule has 0 saturated carbocycles. The summed E-state index contributed by atoms with van der Waals surface area (Å²) < 4.78 is 0. The second-order valence-corrected chi connectivity index (χ2v) is 8.70. The van der Waals surface area contributed by atoms with Crippen molar-refractivity contribution in [2.24, 2.45) is 4.99 Å². The Labute approximate surface area is 184 Å². The second-order valence-electron chi connectivity index (χ2n) is 7.61. The van der Waals surface area contributed by atoms with E-state index in [-0.39, 0.29) is 11.8 Å². The molecule has 31 heavy (non-hydrogen) atoms. The van der Waals surface area contributed by atoms with E-state index in [2.05, 4.69) is 10.3 Å². The Morgan fingerprint density at radius 1 is 1.19 bits per heavy atom. The van der Waals surface area contributed by atoms with Gasteiger partial charge in [-0.15, -0.1) is 11.3 Å². The maximum absolute atomic E-state index is 13.3. The van der Waals surface area contributed by atoms with Crippen LogP contribution >= 0.6 is 11.3 Å². The SMILES string of the molecule is CCN1C(=O)C(=Nc2sc3c(c2C(=O)Nc2cccnc2)CCCC3)c2ccccc21. The standard InChI is InChI=1S/C24H22N4O2S/c1-2-28-18-11-5-3-9-16(18)21(24(28)30)27-23-20(17-10-4-6-12-19(17)31-23)22(29)26-15-8-7-13-25-14-15/h3,5,7-9,11,13-14H,2,4,6,10,12H2,1H3,(H,26,29). The van der Waals surface area contributed by atoms with Crippen molar-refractivity contribution in [3.63, 3.8) is 0 Å². The number of aliphatic imine (C=N–C) groups is 1. The number of para-hydroxylation sites is 1. The Balaban J connectivity index is 1.61. The predicted octanol–water partition coefficient (Wildman–Crippen LogP) is 4.76. The largest absolute Gasteiger partial charge is 0.320 e. The molecule has 3 heterocycles. The number of likely N-dealkylation sites (N-methyl/N-ethyl adjacent to an activating group) is 1. The van der Waals surface area contributed by atoms with Crippen LogP contribution in [-0.4, -0.2) is 29.1 Å². The molecule has 7 heteroatoms. The number of fused-ring (bicyclic) bond motifs is 2. The molecule has 5 rings (SSSR count). The minimum Gasteiger partial charge on any atom is -0.320 e. The van der Waals surface area contributed by atoms with E-state index in [0.717, 1.165) is 42.5 Å². The van der Waals surface area contributed by atoms with Crippen LogP contribution in [0.2, 0.25) is 0 Å². The maximum Gasteiger partial charge on any atom is 0.277 e. The molecule has 6 nitrogen and oxygen atoms in total. The molecule has 0 unspecified atom stereocenters. The zero-order chi connectivity index (χ0) is 21.4. The van der Waals surface area contributed by atoms with Gasteiger partial charge in [0.1, 0.15) is 10.7 Å². The third-order valence-corrected chi connectivity index (χ3v) is 6.91. The zero-order valence-corrected chi connectivity index (χ0v) is 18.0. The highest BCUT2D eigenvalue weighted by Gasteiger charge is 2.34. The lowest BCUT2D eigenvalue weighted by Crippen LogP contribution is -2.29. The molecule has 1 aliphatic heterocycles. The van der Waals surface area contributed by atoms with Crippen molar-refractivity contribution in [3.05, 3.63) is 70.4 Å². The molecule has 0 atom stereocenters. The fourth-order valence-electron chi connectivity index (χ4n) is 4.28. The van der Waals surface area contributed by atoms with E-state index in [1.807, 2.05) is 37.3 Å². The molecule has 2 amide bonds. The topological polar surface area (TPSA) is 74.7 Å². The summed E-state index contributed by atoms with van der Waals surface area (Å²) in [5.41, 5.74) is 4.41. The monoisotopic (exact) mass is 430 g/mol. The van der Waals surface area contributed by atoms with Crippen LogP contribution in [0, 0.1) is 0 Å². The molecule has 156 valence electrons. The number of hydrogen-bond acceptors (Lipinski definition) is 5. The van der Waals surface area contributed by atoms with Crippen molar-refractivity contribution in [1.82, 2.24) is 4.98 Å². The van der Waals surface area contributed by atoms with Gasteiger partial charge in [0.2, 0.25) is 0 Å². The number of benzene rings is 1. The predicted molar refractivity (Wildman–Crippen MR) is 124 cm³/mol. The fourth-order valence-corrected chi connectivity index (χ4v) is 5.54. The lowest BCUT2D eigenvalue weighted by molar-refractivity contribution is -0.112. The van der Waals surface area contributed by atoms with Gasteiger partial charge in [-0.05, 0) is 56.4 Å². The molecular weight excluding hydrogens is 408 g/mol. The summed E-state index contributed by atoms with van der Waals surface area (Å²) in [6, 6.07) is 11.3. The molecule has 0 radical (unpaired) electrons. The highest BCUT2D eigenvalue weighted by molar-refractivity contribution is 7.16. The molecule has 0 spiro atoms. The van der Waals surface area contributed by atoms with Crippen LogP contribution in [0.3, 0.4) is 0 Å². The first-order valence-corrected chi connectivity index (χ1v) is 11.3. The Bertz CT molecular complexity index is 1200. The van der Waals surface area contributed by atoms with Gasteiger partial charge in [-0.25, -0.2) is 4.99 Å². The lowest BCUT2D eigenvalue weighted by atomic mass is 9.95. The highest BCUT2D eigenvalue weighted by Crippen LogP contribution is 2.41. The van der Waals surface area contributed by atoms with Gasteiger partial charge in [0.05, 0.1) is 23.1 Å². The Morgan fingerprint density at radius 3 is 2.84 bits per heavy atom. The lowest BCUT2D eigenvalue weighted by Gasteiger charge is -2.13. The summed E-state index contributed by atoms with van der Waals surface area (Å²) in [6.07, 6.45) is 7.26. The molecule has 0 saturated heterocycles. The van der Waals surface area contributed by atoms with Crippen molar-refractivity contribution in [2.75, 3.05) is 16.8 Å². The van der Waals surface area contributed by atoms with Gasteiger partial charge < -0.3 is 10.2 Å². The average molecular weight is 431 g/mol. The van der Waals surface area contributed by atoms with Crippen molar-refractivity contribution in [1.29, 1.82) is 0 Å². The number of rotatable bonds is 4. The first kappa shape index (κ1) is 19.6. The Morgan fingerprint density at radius 2 is 2.03 bits per heavy atom. The average Bonchev–Trinajstić information content (AvgIpc) is 3.29. The van der Waals surface area contributed by atoms with E-state index in [0.29, 0.717) is 28.5 Å². The zero-order valence-electron chi connectivity index (χ0n) is 17.2. The van der Waals surface area contributed by atoms with Gasteiger partial charge in [-0.1, -0.05) is 18.2 Å². The number of anilines is 2. The van der Waals surface area contributed by atoms with Crippen LogP contribution in [0.1, 0.15) is 46.1 Å². The van der Waals surface area contributed by atoms with E-state index < -0.39 is 0 Å². The molecule has 2 aromatic heterocycles. The van der Waals surface area contributed by atoms with Crippen LogP contribution in [0.15, 0.2) is 53.8 Å². The van der Waals surface area contributed by atoms with E-state index in [4.69, 9.17) is 4.99 Å². The number of carbonyl (C=O) groups excluding carboxylic acids is 2. The van der Waals surface area contributed by atoms with Crippen LogP contribution in [0.4, 0.5) is 16.4 Å². The summed E-state index contributed by atoms with van der Waals surface area (Å²) in [5, 5.41) is 3.57. The molecule has 3 aromatic rings. The van der Waals surface area contributed by atoms with E-state index in [9.17, 15) is 9.59 Å². The maximum atomic E-state index is 13.3. The molecule has 1 aromatic carbocycles. The normalized spacial score (nSPS) is 16.4. The first-order valence-electron chi connectivity index (χ1n) is 10.5. The number of nitrogens with zero attached hydrogens (tertiary/aromatic N) is 3. The number of pyridine rings is 1. The second kappa shape index (κ2) is 8.07. The van der Waals surface area contributed by atoms with Crippen LogP contribution < -0.4 is 10.2 Å². The quantitative estimate of drug-likeness (QED) is 0.648. The summed E-state index contributed by atoms with van der Waals surface area (Å²) in [5.74, 6) is -0.313. The number of amides is 2. The van der Waals surface area contributed by atoms with Crippen LogP contribution in [0.25, 0.3) is 0 Å². The van der Waals surface area contributed by atoms with E-state index in [1.54, 1.807) is 23.4 Å². The number of carbonyl (C=O) groups is 2. The number of aromatic nitrogens is 1. The van der Waals surface area contributed by atoms with Gasteiger partial charge in [-0.2, -0.15) is 0 Å². The Hall–Kier alpha value is -3.32. The third-order valence-electron chi connectivity index (χ3n) is 5.73. The molecule has 2 aliphatic rings. The summed E-state index contributed by atoms with van der Waals surface area (Å²) in [7, 11) is 0. The fraction of sp³-hybridized carbons (Fsp3) is 0.250. The van der Waals surface area contributed by atoms with Gasteiger partial charge in [0.25, 0.3) is 11.8 Å². The van der Waals surface area contributed by atoms with Crippen LogP contribution in [0.5, 0.6) is 0 Å². The smallest absolute Gasteiger partial charge is 0.277 e. The number of hydrogen-bond donors (Lipinski definition) is 1. The van der Waals surface area contributed by atoms with Gasteiger partial charge in [0, 0.05) is 23.2 Å². The molecule has 1 N–H and O–H groups in total. The molecule has 0 bridgehead atoms. The van der Waals surface area contributed by atoms with Crippen molar-refractivity contribution in [3.8, 4) is 0 Å². The Kier molecular flexibility index (Phi) is 5.11. The number of nitrogens with one attached hydrogen (secondary N) is 1. The minimum atomic E-state index is -0.196. The molecule has 0 fully saturated rings. The summed E-state index contributed by atoms with van der Waals surface area (Å²) in [4.78, 5) is 38.2. The first-order chi connectivity index (χ1) is 15.2. The van der Waals surface area contributed by atoms with E-state index in [1.165, 1.54) is 16.2 Å². The highest BCUT2D eigenvalue weighted by atomic mass is 32.1. The number of aryl methyl sites for hydroxylation is 1. The summed E-state index contributed by atoms with van der Waals surface area (Å²) >= 11 is 1.54. The summed E-state index contributed by atoms with van der Waals surface area (Å²) in [6.45, 7) is 2.53. The number of thiophene rings is 1. The molecule has 1 aliphatic carbocycles. The van der Waals surface area contributed by atoms with Gasteiger partial charge >= 0.3 is 0 Å². The van der Waals surface area contributed by atoms with Crippen molar-refractivity contribution < 1.29 is 9.59 Å². The van der Waals surface area contributed by atoms with E-state index >= 15 is 0 Å². The van der Waals surface area contributed by atoms with Gasteiger partial charge in [-0.3, -0.25) is 14.6 Å². The van der Waals surface area contributed by atoms with Crippen molar-refractivity contribution in [2.45, 2.75) is 32.6 Å². The van der Waals surface area contributed by atoms with Crippen molar-refractivity contribution >= 4 is 45.2 Å².